The van der Waals surface area contributed by atoms with Crippen LogP contribution in [0, 0.1) is 0 Å². The highest BCUT2D eigenvalue weighted by molar-refractivity contribution is 5.91. The number of rotatable bonds is 7. The Kier molecular flexibility index (Phi) is 6.13. The Morgan fingerprint density at radius 1 is 1.09 bits per heavy atom. The number of nitrogens with one attached hydrogen (secondary N) is 1. The van der Waals surface area contributed by atoms with Crippen LogP contribution >= 0.6 is 0 Å². The molecule has 4 nitrogen and oxygen atoms in total. The van der Waals surface area contributed by atoms with Crippen LogP contribution in [0.4, 0.5) is 5.69 Å². The van der Waals surface area contributed by atoms with Gasteiger partial charge in [-0.2, -0.15) is 0 Å². The fraction of sp³-hybridized carbons (Fsp3) is 0.278. The van der Waals surface area contributed by atoms with Crippen LogP contribution in [-0.4, -0.2) is 24.4 Å². The molecule has 0 heterocycles. The van der Waals surface area contributed by atoms with Gasteiger partial charge in [-0.3, -0.25) is 4.79 Å². The maximum atomic E-state index is 12.1. The molecular weight excluding hydrogens is 274 g/mol. The third-order valence-corrected chi connectivity index (χ3v) is 3.53. The molecule has 0 radical (unpaired) electrons. The van der Waals surface area contributed by atoms with Gasteiger partial charge in [-0.25, -0.2) is 0 Å². The van der Waals surface area contributed by atoms with Crippen molar-refractivity contribution in [2.24, 2.45) is 5.73 Å². The monoisotopic (exact) mass is 297 g/mol. The average Bonchev–Trinajstić information content (AvgIpc) is 2.54. The maximum Gasteiger partial charge on any atom is 0.225 e. The average molecular weight is 297 g/mol. The van der Waals surface area contributed by atoms with Gasteiger partial charge in [0.05, 0.1) is 0 Å². The Bertz CT molecular complexity index is 598. The van der Waals surface area contributed by atoms with Gasteiger partial charge in [-0.05, 0) is 24.2 Å². The van der Waals surface area contributed by atoms with Crippen LogP contribution < -0.4 is 11.1 Å². The second kappa shape index (κ2) is 8.32. The van der Waals surface area contributed by atoms with Gasteiger partial charge >= 0.3 is 0 Å². The number of anilines is 1. The van der Waals surface area contributed by atoms with Gasteiger partial charge in [-0.1, -0.05) is 48.5 Å². The standard InChI is InChI=1S/C18H23N3O/c1-21(14-15-7-3-2-4-8-15)12-11-18(22)20-17-10-6-5-9-16(17)13-19/h2-10H,11-14,19H2,1H3,(H,20,22). The number of nitrogens with two attached hydrogens (primary N) is 1. The predicted molar refractivity (Wildman–Crippen MR) is 90.4 cm³/mol. The molecule has 0 unspecified atom stereocenters. The van der Waals surface area contributed by atoms with Crippen LogP contribution in [0.1, 0.15) is 17.5 Å². The van der Waals surface area contributed by atoms with Crippen molar-refractivity contribution in [3.8, 4) is 0 Å². The van der Waals surface area contributed by atoms with Crippen LogP contribution in [-0.2, 0) is 17.9 Å². The molecule has 0 saturated heterocycles. The lowest BCUT2D eigenvalue weighted by Gasteiger charge is -2.17. The summed E-state index contributed by atoms with van der Waals surface area (Å²) < 4.78 is 0. The molecule has 2 aromatic carbocycles. The molecule has 22 heavy (non-hydrogen) atoms. The lowest BCUT2D eigenvalue weighted by molar-refractivity contribution is -0.116. The van der Waals surface area contributed by atoms with Crippen molar-refractivity contribution < 1.29 is 4.79 Å². The summed E-state index contributed by atoms with van der Waals surface area (Å²) in [4.78, 5) is 14.2. The number of para-hydroxylation sites is 1. The minimum Gasteiger partial charge on any atom is -0.326 e. The number of nitrogens with zero attached hydrogens (tertiary/aromatic N) is 1. The predicted octanol–water partition coefficient (Wildman–Crippen LogP) is 2.61. The molecule has 0 aliphatic heterocycles. The summed E-state index contributed by atoms with van der Waals surface area (Å²) in [6.07, 6.45) is 0.461. The zero-order chi connectivity index (χ0) is 15.8. The summed E-state index contributed by atoms with van der Waals surface area (Å²) >= 11 is 0. The second-order valence-electron chi connectivity index (χ2n) is 5.38. The summed E-state index contributed by atoms with van der Waals surface area (Å²) in [5, 5.41) is 2.94. The number of carbonyl (C=O) groups is 1. The van der Waals surface area contributed by atoms with E-state index in [2.05, 4.69) is 22.3 Å². The van der Waals surface area contributed by atoms with Crippen molar-refractivity contribution in [3.63, 3.8) is 0 Å². The quantitative estimate of drug-likeness (QED) is 0.826. The highest BCUT2D eigenvalue weighted by Crippen LogP contribution is 2.14. The fourth-order valence-electron chi connectivity index (χ4n) is 2.30. The molecule has 0 bridgehead atoms. The van der Waals surface area contributed by atoms with Gasteiger partial charge in [0.1, 0.15) is 0 Å². The van der Waals surface area contributed by atoms with E-state index in [9.17, 15) is 4.79 Å². The van der Waals surface area contributed by atoms with Crippen molar-refractivity contribution in [3.05, 3.63) is 65.7 Å². The van der Waals surface area contributed by atoms with Gasteiger partial charge in [0, 0.05) is 31.7 Å². The summed E-state index contributed by atoms with van der Waals surface area (Å²) in [5.41, 5.74) is 8.68. The normalized spacial score (nSPS) is 10.7. The zero-order valence-electron chi connectivity index (χ0n) is 13.0. The van der Waals surface area contributed by atoms with E-state index in [0.717, 1.165) is 17.8 Å². The number of benzene rings is 2. The SMILES string of the molecule is CN(CCC(=O)Nc1ccccc1CN)Cc1ccccc1. The Hall–Kier alpha value is -2.17. The van der Waals surface area contributed by atoms with Crippen LogP contribution in [0.15, 0.2) is 54.6 Å². The number of hydrogen-bond donors (Lipinski definition) is 2. The molecule has 0 aromatic heterocycles. The van der Waals surface area contributed by atoms with E-state index in [-0.39, 0.29) is 5.91 Å². The minimum absolute atomic E-state index is 0.0146. The smallest absolute Gasteiger partial charge is 0.225 e. The van der Waals surface area contributed by atoms with Crippen LogP contribution in [0.25, 0.3) is 0 Å². The van der Waals surface area contributed by atoms with Gasteiger partial charge < -0.3 is 16.0 Å². The van der Waals surface area contributed by atoms with Crippen molar-refractivity contribution >= 4 is 11.6 Å². The third-order valence-electron chi connectivity index (χ3n) is 3.53. The molecule has 2 aromatic rings. The van der Waals surface area contributed by atoms with Crippen molar-refractivity contribution in [2.45, 2.75) is 19.5 Å². The largest absolute Gasteiger partial charge is 0.326 e. The Labute approximate surface area is 131 Å². The molecule has 1 amide bonds. The van der Waals surface area contributed by atoms with E-state index in [4.69, 9.17) is 5.73 Å². The van der Waals surface area contributed by atoms with Crippen LogP contribution in [0.3, 0.4) is 0 Å². The molecular formula is C18H23N3O. The van der Waals surface area contributed by atoms with E-state index in [1.54, 1.807) is 0 Å². The zero-order valence-corrected chi connectivity index (χ0v) is 13.0. The summed E-state index contributed by atoms with van der Waals surface area (Å²) in [7, 11) is 2.02. The first-order valence-electron chi connectivity index (χ1n) is 7.49. The van der Waals surface area contributed by atoms with Gasteiger partial charge in [0.2, 0.25) is 5.91 Å². The highest BCUT2D eigenvalue weighted by atomic mass is 16.1. The Morgan fingerprint density at radius 2 is 1.77 bits per heavy atom. The molecule has 4 heteroatoms. The molecule has 0 aliphatic rings. The first kappa shape index (κ1) is 16.2. The second-order valence-corrected chi connectivity index (χ2v) is 5.38. The van der Waals surface area contributed by atoms with Gasteiger partial charge in [0.15, 0.2) is 0 Å². The number of amides is 1. The van der Waals surface area contributed by atoms with Crippen molar-refractivity contribution in [1.82, 2.24) is 4.90 Å². The molecule has 116 valence electrons. The first-order chi connectivity index (χ1) is 10.7. The third kappa shape index (κ3) is 4.98. The Balaban J connectivity index is 1.80. The van der Waals surface area contributed by atoms with Gasteiger partial charge in [-0.15, -0.1) is 0 Å². The molecule has 0 saturated carbocycles. The molecule has 0 fully saturated rings. The van der Waals surface area contributed by atoms with Crippen molar-refractivity contribution in [2.75, 3.05) is 18.9 Å². The van der Waals surface area contributed by atoms with E-state index >= 15 is 0 Å². The maximum absolute atomic E-state index is 12.1. The van der Waals surface area contributed by atoms with E-state index in [0.29, 0.717) is 19.5 Å². The lowest BCUT2D eigenvalue weighted by atomic mass is 10.1. The molecule has 0 spiro atoms. The molecule has 0 aliphatic carbocycles. The lowest BCUT2D eigenvalue weighted by Crippen LogP contribution is -2.24. The minimum atomic E-state index is 0.0146. The summed E-state index contributed by atoms with van der Waals surface area (Å²) in [6.45, 7) is 1.98. The summed E-state index contributed by atoms with van der Waals surface area (Å²) in [6, 6.07) is 17.9. The first-order valence-corrected chi connectivity index (χ1v) is 7.49. The molecule has 3 N–H and O–H groups in total. The van der Waals surface area contributed by atoms with Crippen LogP contribution in [0.2, 0.25) is 0 Å². The Morgan fingerprint density at radius 3 is 2.50 bits per heavy atom. The number of hydrogen-bond acceptors (Lipinski definition) is 3. The van der Waals surface area contributed by atoms with Crippen LogP contribution in [0.5, 0.6) is 0 Å². The molecule has 2 rings (SSSR count). The van der Waals surface area contributed by atoms with E-state index in [1.807, 2.05) is 49.5 Å². The van der Waals surface area contributed by atoms with E-state index < -0.39 is 0 Å². The fourth-order valence-corrected chi connectivity index (χ4v) is 2.30. The number of carbonyl (C=O) groups excluding carboxylic acids is 1. The highest BCUT2D eigenvalue weighted by Gasteiger charge is 2.07. The van der Waals surface area contributed by atoms with Gasteiger partial charge in [0.25, 0.3) is 0 Å². The van der Waals surface area contributed by atoms with Crippen molar-refractivity contribution in [1.29, 1.82) is 0 Å². The topological polar surface area (TPSA) is 58.4 Å². The molecule has 0 atom stereocenters. The van der Waals surface area contributed by atoms with E-state index in [1.165, 1.54) is 5.56 Å². The summed E-state index contributed by atoms with van der Waals surface area (Å²) in [5.74, 6) is 0.0146.